The lowest BCUT2D eigenvalue weighted by molar-refractivity contribution is -0.132. The molecule has 0 atom stereocenters. The Balaban J connectivity index is 1.46. The summed E-state index contributed by atoms with van der Waals surface area (Å²) in [4.78, 5) is 21.1. The van der Waals surface area contributed by atoms with Crippen molar-refractivity contribution in [3.8, 4) is 0 Å². The molecule has 0 aromatic carbocycles. The summed E-state index contributed by atoms with van der Waals surface area (Å²) in [7, 11) is 0. The molecule has 0 aliphatic carbocycles. The number of amides is 1. The molecule has 1 aromatic rings. The summed E-state index contributed by atoms with van der Waals surface area (Å²) in [6.45, 7) is 4.28. The molecular formula is C14H21N3OS2. The van der Waals surface area contributed by atoms with Crippen LogP contribution in [-0.2, 0) is 11.2 Å². The summed E-state index contributed by atoms with van der Waals surface area (Å²) >= 11 is 3.61. The highest BCUT2D eigenvalue weighted by molar-refractivity contribution is 7.99. The molecule has 0 spiro atoms. The zero-order chi connectivity index (χ0) is 13.8. The van der Waals surface area contributed by atoms with Gasteiger partial charge in [-0.1, -0.05) is 0 Å². The molecule has 1 amide bonds. The molecule has 3 rings (SSSR count). The first-order valence-electron chi connectivity index (χ1n) is 7.29. The van der Waals surface area contributed by atoms with Crippen molar-refractivity contribution >= 4 is 29.0 Å². The van der Waals surface area contributed by atoms with E-state index in [4.69, 9.17) is 0 Å². The van der Waals surface area contributed by atoms with Crippen LogP contribution in [-0.4, -0.2) is 64.4 Å². The van der Waals surface area contributed by atoms with Gasteiger partial charge in [0.15, 0.2) is 0 Å². The van der Waals surface area contributed by atoms with Gasteiger partial charge in [-0.15, -0.1) is 11.3 Å². The van der Waals surface area contributed by atoms with Crippen LogP contribution in [0.2, 0.25) is 0 Å². The first kappa shape index (κ1) is 14.4. The van der Waals surface area contributed by atoms with Crippen molar-refractivity contribution in [2.24, 2.45) is 0 Å². The fourth-order valence-corrected chi connectivity index (χ4v) is 4.50. The van der Waals surface area contributed by atoms with E-state index in [2.05, 4.69) is 21.6 Å². The van der Waals surface area contributed by atoms with Crippen LogP contribution in [0.3, 0.4) is 0 Å². The van der Waals surface area contributed by atoms with Crippen LogP contribution in [0.15, 0.2) is 10.9 Å². The number of hydrogen-bond donors (Lipinski definition) is 0. The number of thiazole rings is 1. The monoisotopic (exact) mass is 311 g/mol. The van der Waals surface area contributed by atoms with Gasteiger partial charge in [0, 0.05) is 49.1 Å². The van der Waals surface area contributed by atoms with Crippen LogP contribution in [0.4, 0.5) is 0 Å². The highest BCUT2D eigenvalue weighted by atomic mass is 32.2. The van der Waals surface area contributed by atoms with Gasteiger partial charge >= 0.3 is 0 Å². The summed E-state index contributed by atoms with van der Waals surface area (Å²) < 4.78 is 0. The van der Waals surface area contributed by atoms with Crippen LogP contribution in [0.5, 0.6) is 0 Å². The smallest absolute Gasteiger partial charge is 0.228 e. The number of carbonyl (C=O) groups excluding carboxylic acids is 1. The third-order valence-electron chi connectivity index (χ3n) is 4.20. The maximum Gasteiger partial charge on any atom is 0.228 e. The van der Waals surface area contributed by atoms with Crippen molar-refractivity contribution in [1.82, 2.24) is 14.8 Å². The van der Waals surface area contributed by atoms with Crippen molar-refractivity contribution in [3.63, 3.8) is 0 Å². The van der Waals surface area contributed by atoms with Crippen LogP contribution >= 0.6 is 23.1 Å². The number of carbonyl (C=O) groups is 1. The van der Waals surface area contributed by atoms with E-state index in [0.717, 1.165) is 31.6 Å². The average Bonchev–Trinajstić information content (AvgIpc) is 3.01. The Morgan fingerprint density at radius 1 is 1.25 bits per heavy atom. The molecule has 0 bridgehead atoms. The van der Waals surface area contributed by atoms with Gasteiger partial charge in [0.1, 0.15) is 0 Å². The van der Waals surface area contributed by atoms with Crippen LogP contribution in [0, 0.1) is 0 Å². The normalized spacial score (nSPS) is 22.1. The Hall–Kier alpha value is -0.590. The second-order valence-electron chi connectivity index (χ2n) is 5.42. The largest absolute Gasteiger partial charge is 0.342 e. The van der Waals surface area contributed by atoms with E-state index >= 15 is 0 Å². The number of rotatable bonds is 3. The molecule has 3 heterocycles. The molecule has 0 radical (unpaired) electrons. The lowest BCUT2D eigenvalue weighted by atomic mass is 10.0. The van der Waals surface area contributed by atoms with Crippen LogP contribution in [0.25, 0.3) is 0 Å². The highest BCUT2D eigenvalue weighted by Crippen LogP contribution is 2.21. The van der Waals surface area contributed by atoms with Crippen LogP contribution in [0.1, 0.15) is 18.5 Å². The van der Waals surface area contributed by atoms with Crippen molar-refractivity contribution in [2.75, 3.05) is 37.7 Å². The highest BCUT2D eigenvalue weighted by Gasteiger charge is 2.27. The summed E-state index contributed by atoms with van der Waals surface area (Å²) in [5.41, 5.74) is 2.71. The van der Waals surface area contributed by atoms with Crippen LogP contribution < -0.4 is 0 Å². The molecular weight excluding hydrogens is 290 g/mol. The number of thioether (sulfide) groups is 1. The lowest BCUT2D eigenvalue weighted by Gasteiger charge is -2.40. The Morgan fingerprint density at radius 3 is 2.65 bits per heavy atom. The molecule has 6 heteroatoms. The number of likely N-dealkylation sites (tertiary alicyclic amines) is 1. The number of hydrogen-bond acceptors (Lipinski definition) is 5. The summed E-state index contributed by atoms with van der Waals surface area (Å²) in [6.07, 6.45) is 2.73. The molecule has 2 saturated heterocycles. The van der Waals surface area contributed by atoms with Gasteiger partial charge in [-0.3, -0.25) is 9.69 Å². The molecule has 2 aliphatic rings. The van der Waals surface area contributed by atoms with Gasteiger partial charge in [-0.05, 0) is 12.8 Å². The SMILES string of the molecule is O=C(Cc1cscn1)N1CCC(N2CCSCC2)CC1. The Labute approximate surface area is 128 Å². The van der Waals surface area contributed by atoms with E-state index in [9.17, 15) is 4.79 Å². The molecule has 2 fully saturated rings. The van der Waals surface area contributed by atoms with E-state index in [1.165, 1.54) is 24.6 Å². The van der Waals surface area contributed by atoms with E-state index in [0.29, 0.717) is 12.5 Å². The van der Waals surface area contributed by atoms with Gasteiger partial charge in [-0.2, -0.15) is 11.8 Å². The fourth-order valence-electron chi connectivity index (χ4n) is 3.01. The molecule has 0 N–H and O–H groups in total. The zero-order valence-electron chi connectivity index (χ0n) is 11.7. The fraction of sp³-hybridized carbons (Fsp3) is 0.714. The van der Waals surface area contributed by atoms with Gasteiger partial charge in [0.2, 0.25) is 5.91 Å². The lowest BCUT2D eigenvalue weighted by Crippen LogP contribution is -2.49. The van der Waals surface area contributed by atoms with Crippen molar-refractivity contribution in [3.05, 3.63) is 16.6 Å². The Bertz CT molecular complexity index is 424. The standard InChI is InChI=1S/C14H21N3OS2/c18-14(9-12-10-20-11-15-12)17-3-1-13(2-4-17)16-5-7-19-8-6-16/h10-11,13H,1-9H2. The predicted molar refractivity (Wildman–Crippen MR) is 84.3 cm³/mol. The molecule has 0 unspecified atom stereocenters. The first-order valence-corrected chi connectivity index (χ1v) is 9.39. The molecule has 1 aromatic heterocycles. The average molecular weight is 311 g/mol. The summed E-state index contributed by atoms with van der Waals surface area (Å²) in [5, 5.41) is 1.97. The van der Waals surface area contributed by atoms with E-state index in [-0.39, 0.29) is 5.91 Å². The number of nitrogens with zero attached hydrogens (tertiary/aromatic N) is 3. The van der Waals surface area contributed by atoms with Gasteiger partial charge in [0.05, 0.1) is 17.6 Å². The zero-order valence-corrected chi connectivity index (χ0v) is 13.3. The predicted octanol–water partition coefficient (Wildman–Crippen LogP) is 1.73. The summed E-state index contributed by atoms with van der Waals surface area (Å²) in [6, 6.07) is 0.694. The second-order valence-corrected chi connectivity index (χ2v) is 7.36. The molecule has 110 valence electrons. The second kappa shape index (κ2) is 6.91. The maximum atomic E-state index is 12.2. The third-order valence-corrected chi connectivity index (χ3v) is 5.77. The van der Waals surface area contributed by atoms with E-state index < -0.39 is 0 Å². The van der Waals surface area contributed by atoms with Gasteiger partial charge < -0.3 is 4.90 Å². The Kier molecular flexibility index (Phi) is 4.96. The maximum absolute atomic E-state index is 12.2. The summed E-state index contributed by atoms with van der Waals surface area (Å²) in [5.74, 6) is 2.77. The number of aromatic nitrogens is 1. The van der Waals surface area contributed by atoms with Gasteiger partial charge in [-0.25, -0.2) is 4.98 Å². The van der Waals surface area contributed by atoms with Crippen molar-refractivity contribution < 1.29 is 4.79 Å². The minimum absolute atomic E-state index is 0.239. The topological polar surface area (TPSA) is 36.4 Å². The van der Waals surface area contributed by atoms with E-state index in [1.807, 2.05) is 10.3 Å². The molecule has 0 saturated carbocycles. The number of piperidine rings is 1. The Morgan fingerprint density at radius 2 is 2.00 bits per heavy atom. The molecule has 4 nitrogen and oxygen atoms in total. The van der Waals surface area contributed by atoms with Gasteiger partial charge in [0.25, 0.3) is 0 Å². The third kappa shape index (κ3) is 3.54. The van der Waals surface area contributed by atoms with Crippen molar-refractivity contribution in [2.45, 2.75) is 25.3 Å². The quantitative estimate of drug-likeness (QED) is 0.852. The van der Waals surface area contributed by atoms with Crippen molar-refractivity contribution in [1.29, 1.82) is 0 Å². The molecule has 2 aliphatic heterocycles. The minimum Gasteiger partial charge on any atom is -0.342 e. The van der Waals surface area contributed by atoms with E-state index in [1.54, 1.807) is 16.8 Å². The molecule has 20 heavy (non-hydrogen) atoms. The minimum atomic E-state index is 0.239. The first-order chi connectivity index (χ1) is 9.83.